The largest absolute Gasteiger partial charge is 0.455 e. The van der Waals surface area contributed by atoms with Crippen LogP contribution in [0.25, 0.3) is 0 Å². The van der Waals surface area contributed by atoms with E-state index in [9.17, 15) is 4.79 Å². The van der Waals surface area contributed by atoms with Crippen LogP contribution < -0.4 is 10.1 Å². The number of nitrogens with zero attached hydrogens (tertiary/aromatic N) is 1. The lowest BCUT2D eigenvalue weighted by molar-refractivity contribution is 0.217. The summed E-state index contributed by atoms with van der Waals surface area (Å²) in [7, 11) is 0. The molecule has 0 heterocycles. The van der Waals surface area contributed by atoms with E-state index in [1.54, 1.807) is 4.90 Å². The van der Waals surface area contributed by atoms with Crippen LogP contribution in [0.3, 0.4) is 0 Å². The Hall–Kier alpha value is -2.49. The SMILES string of the molecule is CCN(CC)C(=O)Nc1ccccc1Oc1ccccc1. The van der Waals surface area contributed by atoms with Gasteiger partial charge in [-0.3, -0.25) is 0 Å². The summed E-state index contributed by atoms with van der Waals surface area (Å²) in [5.74, 6) is 1.37. The summed E-state index contributed by atoms with van der Waals surface area (Å²) >= 11 is 0. The third-order valence-electron chi connectivity index (χ3n) is 3.15. The molecule has 1 N–H and O–H groups in total. The van der Waals surface area contributed by atoms with E-state index >= 15 is 0 Å². The average Bonchev–Trinajstić information content (AvgIpc) is 2.51. The maximum absolute atomic E-state index is 12.1. The number of amides is 2. The summed E-state index contributed by atoms with van der Waals surface area (Å²) in [6, 6.07) is 16.8. The van der Waals surface area contributed by atoms with Crippen LogP contribution in [-0.2, 0) is 0 Å². The van der Waals surface area contributed by atoms with Gasteiger partial charge in [-0.05, 0) is 38.1 Å². The van der Waals surface area contributed by atoms with Crippen molar-refractivity contribution in [2.75, 3.05) is 18.4 Å². The van der Waals surface area contributed by atoms with Crippen molar-refractivity contribution in [3.8, 4) is 11.5 Å². The summed E-state index contributed by atoms with van der Waals surface area (Å²) in [6.07, 6.45) is 0. The van der Waals surface area contributed by atoms with E-state index in [2.05, 4.69) is 5.32 Å². The monoisotopic (exact) mass is 284 g/mol. The number of benzene rings is 2. The molecule has 21 heavy (non-hydrogen) atoms. The fourth-order valence-electron chi connectivity index (χ4n) is 1.98. The highest BCUT2D eigenvalue weighted by Crippen LogP contribution is 2.29. The van der Waals surface area contributed by atoms with Crippen LogP contribution in [0.2, 0.25) is 0 Å². The number of rotatable bonds is 5. The topological polar surface area (TPSA) is 41.6 Å². The molecule has 0 saturated heterocycles. The Morgan fingerprint density at radius 2 is 1.62 bits per heavy atom. The molecule has 0 saturated carbocycles. The van der Waals surface area contributed by atoms with Gasteiger partial charge in [0.2, 0.25) is 0 Å². The Kier molecular flexibility index (Phi) is 5.21. The molecule has 2 aromatic rings. The van der Waals surface area contributed by atoms with Crippen LogP contribution in [0.1, 0.15) is 13.8 Å². The van der Waals surface area contributed by atoms with Crippen molar-refractivity contribution >= 4 is 11.7 Å². The van der Waals surface area contributed by atoms with E-state index < -0.39 is 0 Å². The molecular formula is C17H20N2O2. The van der Waals surface area contributed by atoms with Crippen LogP contribution >= 0.6 is 0 Å². The minimum Gasteiger partial charge on any atom is -0.455 e. The summed E-state index contributed by atoms with van der Waals surface area (Å²) in [5.41, 5.74) is 0.665. The van der Waals surface area contributed by atoms with Gasteiger partial charge in [0.05, 0.1) is 5.69 Å². The van der Waals surface area contributed by atoms with Crippen molar-refractivity contribution in [3.05, 3.63) is 54.6 Å². The Morgan fingerprint density at radius 1 is 1.00 bits per heavy atom. The van der Waals surface area contributed by atoms with Crippen LogP contribution in [0.15, 0.2) is 54.6 Å². The summed E-state index contributed by atoms with van der Waals surface area (Å²) in [4.78, 5) is 13.9. The molecule has 2 rings (SSSR count). The first-order chi connectivity index (χ1) is 10.2. The summed E-state index contributed by atoms with van der Waals surface area (Å²) < 4.78 is 5.82. The number of hydrogen-bond acceptors (Lipinski definition) is 2. The summed E-state index contributed by atoms with van der Waals surface area (Å²) in [6.45, 7) is 5.25. The minimum absolute atomic E-state index is 0.121. The van der Waals surface area contributed by atoms with Crippen molar-refractivity contribution in [2.24, 2.45) is 0 Å². The highest BCUT2D eigenvalue weighted by atomic mass is 16.5. The number of para-hydroxylation sites is 3. The molecule has 0 bridgehead atoms. The molecule has 0 spiro atoms. The fourth-order valence-corrected chi connectivity index (χ4v) is 1.98. The molecule has 110 valence electrons. The third kappa shape index (κ3) is 3.99. The Balaban J connectivity index is 2.15. The average molecular weight is 284 g/mol. The quantitative estimate of drug-likeness (QED) is 0.886. The molecule has 0 radical (unpaired) electrons. The van der Waals surface area contributed by atoms with E-state index in [4.69, 9.17) is 4.74 Å². The number of anilines is 1. The fraction of sp³-hybridized carbons (Fsp3) is 0.235. The van der Waals surface area contributed by atoms with Crippen molar-refractivity contribution in [1.29, 1.82) is 0 Å². The lowest BCUT2D eigenvalue weighted by Gasteiger charge is -2.20. The lowest BCUT2D eigenvalue weighted by Crippen LogP contribution is -2.34. The minimum atomic E-state index is -0.121. The Bertz CT molecular complexity index is 580. The molecule has 0 aliphatic heterocycles. The molecule has 2 aromatic carbocycles. The first-order valence-electron chi connectivity index (χ1n) is 7.12. The number of carbonyl (C=O) groups excluding carboxylic acids is 1. The van der Waals surface area contributed by atoms with E-state index in [-0.39, 0.29) is 6.03 Å². The van der Waals surface area contributed by atoms with Crippen molar-refractivity contribution in [1.82, 2.24) is 4.90 Å². The maximum atomic E-state index is 12.1. The van der Waals surface area contributed by atoms with Gasteiger partial charge in [0.1, 0.15) is 5.75 Å². The second kappa shape index (κ2) is 7.33. The van der Waals surface area contributed by atoms with Gasteiger partial charge in [0.25, 0.3) is 0 Å². The summed E-state index contributed by atoms with van der Waals surface area (Å²) in [5, 5.41) is 2.89. The lowest BCUT2D eigenvalue weighted by atomic mass is 10.3. The van der Waals surface area contributed by atoms with E-state index in [1.165, 1.54) is 0 Å². The molecule has 0 aromatic heterocycles. The molecule has 0 unspecified atom stereocenters. The van der Waals surface area contributed by atoms with Crippen LogP contribution in [-0.4, -0.2) is 24.0 Å². The van der Waals surface area contributed by atoms with Gasteiger partial charge in [-0.15, -0.1) is 0 Å². The Labute approximate surface area is 125 Å². The van der Waals surface area contributed by atoms with Gasteiger partial charge in [0.15, 0.2) is 5.75 Å². The molecule has 0 fully saturated rings. The molecule has 2 amide bonds. The van der Waals surface area contributed by atoms with Gasteiger partial charge in [-0.1, -0.05) is 30.3 Å². The molecule has 0 atom stereocenters. The number of hydrogen-bond donors (Lipinski definition) is 1. The number of ether oxygens (including phenoxy) is 1. The smallest absolute Gasteiger partial charge is 0.321 e. The van der Waals surface area contributed by atoms with Crippen LogP contribution in [0.4, 0.5) is 10.5 Å². The number of urea groups is 1. The maximum Gasteiger partial charge on any atom is 0.321 e. The van der Waals surface area contributed by atoms with Gasteiger partial charge in [-0.2, -0.15) is 0 Å². The first kappa shape index (κ1) is 14.9. The second-order valence-electron chi connectivity index (χ2n) is 4.51. The highest BCUT2D eigenvalue weighted by Gasteiger charge is 2.12. The highest BCUT2D eigenvalue weighted by molar-refractivity contribution is 5.91. The predicted molar refractivity (Wildman–Crippen MR) is 84.9 cm³/mol. The molecule has 4 nitrogen and oxygen atoms in total. The van der Waals surface area contributed by atoms with Crippen LogP contribution in [0, 0.1) is 0 Å². The van der Waals surface area contributed by atoms with Gasteiger partial charge < -0.3 is 15.0 Å². The van der Waals surface area contributed by atoms with Gasteiger partial charge >= 0.3 is 6.03 Å². The van der Waals surface area contributed by atoms with Gasteiger partial charge in [0, 0.05) is 13.1 Å². The molecule has 0 aliphatic rings. The standard InChI is InChI=1S/C17H20N2O2/c1-3-19(4-2)17(20)18-15-12-8-9-13-16(15)21-14-10-6-5-7-11-14/h5-13H,3-4H2,1-2H3,(H,18,20). The number of nitrogens with one attached hydrogen (secondary N) is 1. The Morgan fingerprint density at radius 3 is 2.29 bits per heavy atom. The number of carbonyl (C=O) groups is 1. The van der Waals surface area contributed by atoms with Crippen LogP contribution in [0.5, 0.6) is 11.5 Å². The molecule has 4 heteroatoms. The molecular weight excluding hydrogens is 264 g/mol. The van der Waals surface area contributed by atoms with E-state index in [1.807, 2.05) is 68.4 Å². The zero-order valence-corrected chi connectivity index (χ0v) is 12.4. The van der Waals surface area contributed by atoms with E-state index in [0.29, 0.717) is 24.5 Å². The van der Waals surface area contributed by atoms with Crippen molar-refractivity contribution < 1.29 is 9.53 Å². The first-order valence-corrected chi connectivity index (χ1v) is 7.12. The normalized spacial score (nSPS) is 10.0. The predicted octanol–water partition coefficient (Wildman–Crippen LogP) is 4.35. The third-order valence-corrected chi connectivity index (χ3v) is 3.15. The van der Waals surface area contributed by atoms with Gasteiger partial charge in [-0.25, -0.2) is 4.79 Å². The zero-order chi connectivity index (χ0) is 15.1. The zero-order valence-electron chi connectivity index (χ0n) is 12.4. The van der Waals surface area contributed by atoms with E-state index in [0.717, 1.165) is 5.75 Å². The second-order valence-corrected chi connectivity index (χ2v) is 4.51. The molecule has 0 aliphatic carbocycles. The van der Waals surface area contributed by atoms with Crippen molar-refractivity contribution in [2.45, 2.75) is 13.8 Å². The van der Waals surface area contributed by atoms with Crippen molar-refractivity contribution in [3.63, 3.8) is 0 Å².